The topological polar surface area (TPSA) is 78.3 Å². The van der Waals surface area contributed by atoms with Gasteiger partial charge in [0.05, 0.1) is 18.2 Å². The monoisotopic (exact) mass is 227 g/mol. The van der Waals surface area contributed by atoms with E-state index >= 15 is 0 Å². The van der Waals surface area contributed by atoms with E-state index in [1.807, 2.05) is 6.07 Å². The highest BCUT2D eigenvalue weighted by Gasteiger charge is 2.06. The van der Waals surface area contributed by atoms with Gasteiger partial charge in [-0.05, 0) is 18.2 Å². The van der Waals surface area contributed by atoms with E-state index in [1.54, 1.807) is 6.07 Å². The predicted molar refractivity (Wildman–Crippen MR) is 55.0 cm³/mol. The molecule has 0 atom stereocenters. The Bertz CT molecular complexity index is 632. The number of aromatic nitrogens is 3. The lowest BCUT2D eigenvalue weighted by Gasteiger charge is -2.02. The molecule has 2 rings (SSSR count). The minimum Gasteiger partial charge on any atom is -0.247 e. The first kappa shape index (κ1) is 10.8. The fraction of sp³-hybridized carbons (Fsp3) is 0.0909. The van der Waals surface area contributed by atoms with Gasteiger partial charge in [-0.25, -0.2) is 14.1 Å². The Morgan fingerprint density at radius 2 is 2.12 bits per heavy atom. The molecule has 82 valence electrons. The van der Waals surface area contributed by atoms with Crippen LogP contribution in [0.25, 0.3) is 0 Å². The minimum absolute atomic E-state index is 0.0295. The van der Waals surface area contributed by atoms with E-state index in [1.165, 1.54) is 29.2 Å². The van der Waals surface area contributed by atoms with Crippen molar-refractivity contribution in [3.05, 3.63) is 47.3 Å². The molecule has 0 fully saturated rings. The molecule has 0 saturated carbocycles. The van der Waals surface area contributed by atoms with Gasteiger partial charge in [0.25, 0.3) is 5.82 Å². The van der Waals surface area contributed by atoms with Gasteiger partial charge < -0.3 is 0 Å². The van der Waals surface area contributed by atoms with Crippen LogP contribution in [0, 0.1) is 28.5 Å². The quantitative estimate of drug-likeness (QED) is 0.772. The summed E-state index contributed by atoms with van der Waals surface area (Å²) in [6, 6.07) is 7.80. The first-order valence-electron chi connectivity index (χ1n) is 4.71. The van der Waals surface area contributed by atoms with Crippen LogP contribution in [-0.2, 0) is 6.54 Å². The fourth-order valence-corrected chi connectivity index (χ4v) is 1.36. The number of nitrogens with zero attached hydrogens (tertiary/aromatic N) is 5. The molecule has 0 bridgehead atoms. The SMILES string of the molecule is N#Cc1ccc(F)c(Cn2cnc(C#N)n2)c1. The van der Waals surface area contributed by atoms with Gasteiger partial charge in [-0.3, -0.25) is 0 Å². The Morgan fingerprint density at radius 3 is 2.76 bits per heavy atom. The van der Waals surface area contributed by atoms with Crippen molar-refractivity contribution in [3.8, 4) is 12.1 Å². The zero-order valence-corrected chi connectivity index (χ0v) is 8.63. The van der Waals surface area contributed by atoms with Crippen molar-refractivity contribution < 1.29 is 4.39 Å². The van der Waals surface area contributed by atoms with Crippen molar-refractivity contribution in [2.24, 2.45) is 0 Å². The predicted octanol–water partition coefficient (Wildman–Crippen LogP) is 1.21. The van der Waals surface area contributed by atoms with Gasteiger partial charge in [-0.1, -0.05) is 0 Å². The molecule has 2 aromatic rings. The van der Waals surface area contributed by atoms with E-state index in [2.05, 4.69) is 10.1 Å². The second-order valence-electron chi connectivity index (χ2n) is 3.30. The van der Waals surface area contributed by atoms with Crippen molar-refractivity contribution in [2.45, 2.75) is 6.54 Å². The average Bonchev–Trinajstić information content (AvgIpc) is 2.80. The number of rotatable bonds is 2. The Labute approximate surface area is 96.4 Å². The lowest BCUT2D eigenvalue weighted by Crippen LogP contribution is -2.03. The van der Waals surface area contributed by atoms with Crippen LogP contribution in [0.3, 0.4) is 0 Å². The highest BCUT2D eigenvalue weighted by atomic mass is 19.1. The number of hydrogen-bond acceptors (Lipinski definition) is 4. The van der Waals surface area contributed by atoms with Crippen molar-refractivity contribution in [2.75, 3.05) is 0 Å². The van der Waals surface area contributed by atoms with E-state index in [0.717, 1.165) is 0 Å². The van der Waals surface area contributed by atoms with Crippen LogP contribution in [0.2, 0.25) is 0 Å². The Balaban J connectivity index is 2.30. The summed E-state index contributed by atoms with van der Waals surface area (Å²) >= 11 is 0. The van der Waals surface area contributed by atoms with Crippen LogP contribution >= 0.6 is 0 Å². The molecular weight excluding hydrogens is 221 g/mol. The summed E-state index contributed by atoms with van der Waals surface area (Å²) < 4.78 is 14.8. The highest BCUT2D eigenvalue weighted by Crippen LogP contribution is 2.11. The van der Waals surface area contributed by atoms with E-state index in [9.17, 15) is 4.39 Å². The van der Waals surface area contributed by atoms with Crippen molar-refractivity contribution in [1.29, 1.82) is 10.5 Å². The molecule has 0 saturated heterocycles. The summed E-state index contributed by atoms with van der Waals surface area (Å²) in [4.78, 5) is 3.71. The van der Waals surface area contributed by atoms with Crippen LogP contribution in [0.15, 0.2) is 24.5 Å². The molecule has 1 aromatic carbocycles. The average molecular weight is 227 g/mol. The molecule has 17 heavy (non-hydrogen) atoms. The third-order valence-corrected chi connectivity index (χ3v) is 2.14. The second-order valence-corrected chi connectivity index (χ2v) is 3.30. The van der Waals surface area contributed by atoms with Gasteiger partial charge in [0.15, 0.2) is 0 Å². The molecule has 0 aliphatic carbocycles. The third kappa shape index (κ3) is 2.27. The smallest absolute Gasteiger partial charge is 0.247 e. The number of hydrogen-bond donors (Lipinski definition) is 0. The van der Waals surface area contributed by atoms with E-state index < -0.39 is 5.82 Å². The summed E-state index contributed by atoms with van der Waals surface area (Å²) in [6.45, 7) is 0.135. The zero-order chi connectivity index (χ0) is 12.3. The molecule has 1 aromatic heterocycles. The van der Waals surface area contributed by atoms with E-state index in [4.69, 9.17) is 10.5 Å². The summed E-state index contributed by atoms with van der Waals surface area (Å²) in [6.07, 6.45) is 1.34. The Kier molecular flexibility index (Phi) is 2.80. The lowest BCUT2D eigenvalue weighted by molar-refractivity contribution is 0.584. The summed E-state index contributed by atoms with van der Waals surface area (Å²) in [7, 11) is 0. The minimum atomic E-state index is -0.419. The molecule has 0 amide bonds. The number of nitriles is 2. The van der Waals surface area contributed by atoms with Crippen molar-refractivity contribution >= 4 is 0 Å². The third-order valence-electron chi connectivity index (χ3n) is 2.14. The van der Waals surface area contributed by atoms with E-state index in [-0.39, 0.29) is 12.4 Å². The summed E-state index contributed by atoms with van der Waals surface area (Å²) in [5.74, 6) is -0.389. The molecule has 0 aliphatic heterocycles. The normalized spacial score (nSPS) is 9.59. The van der Waals surface area contributed by atoms with E-state index in [0.29, 0.717) is 11.1 Å². The maximum absolute atomic E-state index is 13.4. The first-order valence-corrected chi connectivity index (χ1v) is 4.71. The molecular formula is C11H6FN5. The Morgan fingerprint density at radius 1 is 1.29 bits per heavy atom. The van der Waals surface area contributed by atoms with Gasteiger partial charge in [-0.2, -0.15) is 10.5 Å². The van der Waals surface area contributed by atoms with Crippen LogP contribution < -0.4 is 0 Å². The standard InChI is InChI=1S/C11H6FN5/c12-10-2-1-8(4-13)3-9(10)6-17-7-15-11(5-14)16-17/h1-3,7H,6H2. The maximum atomic E-state index is 13.4. The van der Waals surface area contributed by atoms with Crippen LogP contribution in [0.1, 0.15) is 17.0 Å². The largest absolute Gasteiger partial charge is 0.252 e. The van der Waals surface area contributed by atoms with Gasteiger partial charge in [0.2, 0.25) is 0 Å². The van der Waals surface area contributed by atoms with Crippen molar-refractivity contribution in [3.63, 3.8) is 0 Å². The molecule has 0 spiro atoms. The van der Waals surface area contributed by atoms with Gasteiger partial charge in [0, 0.05) is 5.56 Å². The number of benzene rings is 1. The highest BCUT2D eigenvalue weighted by molar-refractivity contribution is 5.33. The Hall–Kier alpha value is -2.73. The molecule has 5 nitrogen and oxygen atoms in total. The van der Waals surface area contributed by atoms with Crippen LogP contribution in [0.5, 0.6) is 0 Å². The summed E-state index contributed by atoms with van der Waals surface area (Å²) in [5.41, 5.74) is 0.709. The maximum Gasteiger partial charge on any atom is 0.252 e. The fourth-order valence-electron chi connectivity index (χ4n) is 1.36. The zero-order valence-electron chi connectivity index (χ0n) is 8.63. The first-order chi connectivity index (χ1) is 8.22. The van der Waals surface area contributed by atoms with Crippen LogP contribution in [-0.4, -0.2) is 14.8 Å². The second kappa shape index (κ2) is 4.42. The summed E-state index contributed by atoms with van der Waals surface area (Å²) in [5, 5.41) is 21.1. The molecule has 0 N–H and O–H groups in total. The molecule has 6 heteroatoms. The number of halogens is 1. The molecule has 0 radical (unpaired) electrons. The van der Waals surface area contributed by atoms with Gasteiger partial charge >= 0.3 is 0 Å². The lowest BCUT2D eigenvalue weighted by atomic mass is 10.1. The van der Waals surface area contributed by atoms with Crippen LogP contribution in [0.4, 0.5) is 4.39 Å². The molecule has 0 unspecified atom stereocenters. The van der Waals surface area contributed by atoms with Gasteiger partial charge in [-0.15, -0.1) is 5.10 Å². The van der Waals surface area contributed by atoms with Crippen molar-refractivity contribution in [1.82, 2.24) is 14.8 Å². The molecule has 1 heterocycles. The molecule has 0 aliphatic rings. The van der Waals surface area contributed by atoms with Gasteiger partial charge in [0.1, 0.15) is 18.2 Å².